The summed E-state index contributed by atoms with van der Waals surface area (Å²) in [5.74, 6) is -0.296. The highest BCUT2D eigenvalue weighted by Crippen LogP contribution is 2.15. The van der Waals surface area contributed by atoms with Crippen molar-refractivity contribution in [3.63, 3.8) is 0 Å². The molecule has 112 valence electrons. The summed E-state index contributed by atoms with van der Waals surface area (Å²) in [7, 11) is 0. The van der Waals surface area contributed by atoms with Crippen LogP contribution >= 0.6 is 0 Å². The highest BCUT2D eigenvalue weighted by molar-refractivity contribution is 5.81. The van der Waals surface area contributed by atoms with Crippen molar-refractivity contribution >= 4 is 16.8 Å². The standard InChI is InChI=1S/C14H18N4O3/c1-8-17-11-3-2-9(7-15)6-10(11)14(21)18(8)12(4-5-19)13(16)20/h2-3,6,12,19H,4-5,7,15H2,1H3,(H2,16,20). The molecule has 0 fully saturated rings. The minimum atomic E-state index is -0.916. The van der Waals surface area contributed by atoms with Crippen molar-refractivity contribution in [1.29, 1.82) is 0 Å². The molecule has 0 spiro atoms. The van der Waals surface area contributed by atoms with Crippen LogP contribution in [0.15, 0.2) is 23.0 Å². The molecule has 2 aromatic rings. The highest BCUT2D eigenvalue weighted by Gasteiger charge is 2.22. The average Bonchev–Trinajstić information content (AvgIpc) is 2.45. The van der Waals surface area contributed by atoms with E-state index in [0.717, 1.165) is 5.56 Å². The fourth-order valence-electron chi connectivity index (χ4n) is 2.37. The molecule has 0 aliphatic heterocycles. The minimum Gasteiger partial charge on any atom is -0.396 e. The molecule has 0 aliphatic rings. The van der Waals surface area contributed by atoms with Gasteiger partial charge in [-0.15, -0.1) is 0 Å². The van der Waals surface area contributed by atoms with Gasteiger partial charge >= 0.3 is 0 Å². The number of hydrogen-bond acceptors (Lipinski definition) is 5. The van der Waals surface area contributed by atoms with Gasteiger partial charge in [-0.05, 0) is 24.6 Å². The summed E-state index contributed by atoms with van der Waals surface area (Å²) < 4.78 is 1.24. The van der Waals surface area contributed by atoms with E-state index in [4.69, 9.17) is 16.6 Å². The zero-order chi connectivity index (χ0) is 15.6. The maximum atomic E-state index is 12.6. The first kappa shape index (κ1) is 15.1. The number of benzene rings is 1. The van der Waals surface area contributed by atoms with E-state index < -0.39 is 11.9 Å². The molecular weight excluding hydrogens is 272 g/mol. The van der Waals surface area contributed by atoms with Crippen molar-refractivity contribution in [1.82, 2.24) is 9.55 Å². The zero-order valence-electron chi connectivity index (χ0n) is 11.7. The van der Waals surface area contributed by atoms with Gasteiger partial charge in [-0.1, -0.05) is 6.07 Å². The van der Waals surface area contributed by atoms with Crippen LogP contribution in [0.5, 0.6) is 0 Å². The first-order chi connectivity index (χ1) is 9.99. The van der Waals surface area contributed by atoms with Crippen LogP contribution in [0.1, 0.15) is 23.9 Å². The van der Waals surface area contributed by atoms with Crippen LogP contribution in [-0.2, 0) is 11.3 Å². The van der Waals surface area contributed by atoms with Gasteiger partial charge in [0.2, 0.25) is 5.91 Å². The third-order valence-electron chi connectivity index (χ3n) is 3.42. The SMILES string of the molecule is Cc1nc2ccc(CN)cc2c(=O)n1C(CCO)C(N)=O. The summed E-state index contributed by atoms with van der Waals surface area (Å²) in [4.78, 5) is 28.5. The highest BCUT2D eigenvalue weighted by atomic mass is 16.3. The fraction of sp³-hybridized carbons (Fsp3) is 0.357. The summed E-state index contributed by atoms with van der Waals surface area (Å²) in [5.41, 5.74) is 11.9. The Labute approximate surface area is 121 Å². The van der Waals surface area contributed by atoms with Gasteiger partial charge < -0.3 is 16.6 Å². The maximum Gasteiger partial charge on any atom is 0.262 e. The van der Waals surface area contributed by atoms with E-state index in [1.165, 1.54) is 4.57 Å². The van der Waals surface area contributed by atoms with E-state index >= 15 is 0 Å². The van der Waals surface area contributed by atoms with Crippen LogP contribution in [0, 0.1) is 6.92 Å². The number of amides is 1. The lowest BCUT2D eigenvalue weighted by Crippen LogP contribution is -2.36. The molecule has 0 saturated carbocycles. The smallest absolute Gasteiger partial charge is 0.262 e. The molecule has 7 nitrogen and oxygen atoms in total. The molecule has 0 radical (unpaired) electrons. The topological polar surface area (TPSA) is 124 Å². The third kappa shape index (κ3) is 2.79. The van der Waals surface area contributed by atoms with E-state index in [0.29, 0.717) is 23.3 Å². The number of rotatable bonds is 5. The van der Waals surface area contributed by atoms with Crippen LogP contribution < -0.4 is 17.0 Å². The van der Waals surface area contributed by atoms with Gasteiger partial charge in [0.1, 0.15) is 11.9 Å². The molecule has 0 aliphatic carbocycles. The molecule has 7 heteroatoms. The van der Waals surface area contributed by atoms with Crippen molar-refractivity contribution < 1.29 is 9.90 Å². The second-order valence-electron chi connectivity index (χ2n) is 4.82. The molecule has 5 N–H and O–H groups in total. The number of primary amides is 1. The Morgan fingerprint density at radius 1 is 1.48 bits per heavy atom. The zero-order valence-corrected chi connectivity index (χ0v) is 11.7. The van der Waals surface area contributed by atoms with Crippen molar-refractivity contribution in [3.05, 3.63) is 39.9 Å². The number of nitrogens with zero attached hydrogens (tertiary/aromatic N) is 2. The summed E-state index contributed by atoms with van der Waals surface area (Å²) in [6.45, 7) is 1.69. The van der Waals surface area contributed by atoms with E-state index in [-0.39, 0.29) is 18.6 Å². The number of carbonyl (C=O) groups is 1. The lowest BCUT2D eigenvalue weighted by Gasteiger charge is -2.18. The number of aliphatic hydroxyl groups is 1. The molecule has 1 heterocycles. The Kier molecular flexibility index (Phi) is 4.35. The Morgan fingerprint density at radius 3 is 2.76 bits per heavy atom. The van der Waals surface area contributed by atoms with Gasteiger partial charge in [0.05, 0.1) is 10.9 Å². The number of carbonyl (C=O) groups excluding carboxylic acids is 1. The first-order valence-corrected chi connectivity index (χ1v) is 6.61. The predicted molar refractivity (Wildman–Crippen MR) is 78.6 cm³/mol. The number of fused-ring (bicyclic) bond motifs is 1. The van der Waals surface area contributed by atoms with Crippen LogP contribution in [0.2, 0.25) is 0 Å². The molecule has 1 atom stereocenters. The number of aryl methyl sites for hydroxylation is 1. The summed E-state index contributed by atoms with van der Waals surface area (Å²) >= 11 is 0. The van der Waals surface area contributed by atoms with Crippen LogP contribution in [0.3, 0.4) is 0 Å². The summed E-state index contributed by atoms with van der Waals surface area (Å²) in [6.07, 6.45) is 0.0693. The lowest BCUT2D eigenvalue weighted by atomic mass is 10.1. The Morgan fingerprint density at radius 2 is 2.19 bits per heavy atom. The molecule has 1 unspecified atom stereocenters. The van der Waals surface area contributed by atoms with Crippen molar-refractivity contribution in [3.8, 4) is 0 Å². The monoisotopic (exact) mass is 290 g/mol. The molecule has 1 aromatic carbocycles. The summed E-state index contributed by atoms with van der Waals surface area (Å²) in [6, 6.07) is 4.28. The first-order valence-electron chi connectivity index (χ1n) is 6.61. The molecule has 21 heavy (non-hydrogen) atoms. The van der Waals surface area contributed by atoms with Gasteiger partial charge in [-0.2, -0.15) is 0 Å². The summed E-state index contributed by atoms with van der Waals surface area (Å²) in [5, 5.41) is 9.45. The van der Waals surface area contributed by atoms with E-state index in [1.807, 2.05) is 0 Å². The number of aromatic nitrogens is 2. The number of aliphatic hydroxyl groups excluding tert-OH is 1. The second kappa shape index (κ2) is 6.02. The predicted octanol–water partition coefficient (Wildman–Crippen LogP) is -0.428. The van der Waals surface area contributed by atoms with Gasteiger partial charge in [0, 0.05) is 19.6 Å². The Balaban J connectivity index is 2.73. The normalized spacial score (nSPS) is 12.5. The van der Waals surface area contributed by atoms with Crippen molar-refractivity contribution in [2.75, 3.05) is 6.61 Å². The molecule has 1 aromatic heterocycles. The Bertz CT molecular complexity index is 739. The largest absolute Gasteiger partial charge is 0.396 e. The quantitative estimate of drug-likeness (QED) is 0.689. The van der Waals surface area contributed by atoms with Crippen LogP contribution in [0.25, 0.3) is 10.9 Å². The van der Waals surface area contributed by atoms with E-state index in [1.54, 1.807) is 25.1 Å². The molecular formula is C14H18N4O3. The van der Waals surface area contributed by atoms with Gasteiger partial charge in [0.25, 0.3) is 5.56 Å². The van der Waals surface area contributed by atoms with Crippen LogP contribution in [0.4, 0.5) is 0 Å². The van der Waals surface area contributed by atoms with Gasteiger partial charge in [0.15, 0.2) is 0 Å². The second-order valence-corrected chi connectivity index (χ2v) is 4.82. The molecule has 1 amide bonds. The molecule has 2 rings (SSSR count). The maximum absolute atomic E-state index is 12.6. The van der Waals surface area contributed by atoms with E-state index in [9.17, 15) is 9.59 Å². The van der Waals surface area contributed by atoms with E-state index in [2.05, 4.69) is 4.98 Å². The van der Waals surface area contributed by atoms with Crippen LogP contribution in [-0.4, -0.2) is 27.2 Å². The number of hydrogen-bond donors (Lipinski definition) is 3. The molecule has 0 saturated heterocycles. The third-order valence-corrected chi connectivity index (χ3v) is 3.42. The van der Waals surface area contributed by atoms with Crippen molar-refractivity contribution in [2.45, 2.75) is 25.9 Å². The van der Waals surface area contributed by atoms with Gasteiger partial charge in [-0.25, -0.2) is 4.98 Å². The lowest BCUT2D eigenvalue weighted by molar-refractivity contribution is -0.121. The minimum absolute atomic E-state index is 0.0693. The Hall–Kier alpha value is -2.25. The van der Waals surface area contributed by atoms with Gasteiger partial charge in [-0.3, -0.25) is 14.2 Å². The average molecular weight is 290 g/mol. The molecule has 0 bridgehead atoms. The fourth-order valence-corrected chi connectivity index (χ4v) is 2.37. The van der Waals surface area contributed by atoms with Crippen molar-refractivity contribution in [2.24, 2.45) is 11.5 Å². The number of nitrogens with two attached hydrogens (primary N) is 2.